The van der Waals surface area contributed by atoms with Gasteiger partial charge in [0.15, 0.2) is 15.8 Å². The van der Waals surface area contributed by atoms with Crippen LogP contribution in [0.5, 0.6) is 0 Å². The lowest BCUT2D eigenvalue weighted by Gasteiger charge is -2.33. The summed E-state index contributed by atoms with van der Waals surface area (Å²) in [5, 5.41) is 1.80. The van der Waals surface area contributed by atoms with Gasteiger partial charge in [-0.2, -0.15) is 0 Å². The van der Waals surface area contributed by atoms with Gasteiger partial charge in [-0.1, -0.05) is 6.92 Å². The van der Waals surface area contributed by atoms with Gasteiger partial charge in [-0.05, 0) is 18.3 Å². The summed E-state index contributed by atoms with van der Waals surface area (Å²) >= 11 is 1.35. The summed E-state index contributed by atoms with van der Waals surface area (Å²) < 4.78 is 34.6. The predicted octanol–water partition coefficient (Wildman–Crippen LogP) is 1.07. The number of aromatic nitrogens is 2. The molecule has 3 rings (SSSR count). The monoisotopic (exact) mass is 330 g/mol. The summed E-state index contributed by atoms with van der Waals surface area (Å²) in [6, 6.07) is 0. The van der Waals surface area contributed by atoms with Crippen LogP contribution in [0, 0.1) is 5.41 Å². The van der Waals surface area contributed by atoms with Gasteiger partial charge in [0.1, 0.15) is 0 Å². The molecule has 21 heavy (non-hydrogen) atoms. The number of anilines is 1. The smallest absolute Gasteiger partial charge is 0.260 e. The number of ether oxygens (including phenoxy) is 1. The highest BCUT2D eigenvalue weighted by Crippen LogP contribution is 2.30. The first-order valence-electron chi connectivity index (χ1n) is 6.70. The highest BCUT2D eigenvalue weighted by Gasteiger charge is 2.31. The molecule has 0 unspecified atom stereocenters. The van der Waals surface area contributed by atoms with E-state index >= 15 is 0 Å². The highest BCUT2D eigenvalue weighted by atomic mass is 32.2. The number of nitrogens with one attached hydrogen (secondary N) is 1. The third kappa shape index (κ3) is 2.78. The standard InChI is InChI=1S/C12H18N4O3S2/c1-12(2-5-19-6-3-12)8-14-21(17,18)10-9(13)15-11-16(10)4-7-20-11/h4,7,14H,2-3,5-6,8,13H2,1H3. The van der Waals surface area contributed by atoms with Gasteiger partial charge in [-0.25, -0.2) is 18.1 Å². The lowest BCUT2D eigenvalue weighted by atomic mass is 9.83. The number of nitrogen functional groups attached to an aromatic ring is 1. The molecular formula is C12H18N4O3S2. The Morgan fingerprint density at radius 3 is 2.95 bits per heavy atom. The van der Waals surface area contributed by atoms with Crippen LogP contribution < -0.4 is 10.5 Å². The largest absolute Gasteiger partial charge is 0.381 e. The number of sulfonamides is 1. The van der Waals surface area contributed by atoms with E-state index in [1.807, 2.05) is 0 Å². The third-order valence-corrected chi connectivity index (χ3v) is 6.08. The molecule has 3 N–H and O–H groups in total. The van der Waals surface area contributed by atoms with Gasteiger partial charge < -0.3 is 10.5 Å². The Morgan fingerprint density at radius 2 is 2.24 bits per heavy atom. The Labute approximate surface area is 127 Å². The number of nitrogens with zero attached hydrogens (tertiary/aromatic N) is 2. The first-order chi connectivity index (χ1) is 9.91. The second-order valence-corrected chi connectivity index (χ2v) is 8.16. The van der Waals surface area contributed by atoms with E-state index in [2.05, 4.69) is 16.6 Å². The molecule has 1 aliphatic rings. The van der Waals surface area contributed by atoms with Gasteiger partial charge in [0, 0.05) is 31.3 Å². The van der Waals surface area contributed by atoms with Crippen LogP contribution in [0.3, 0.4) is 0 Å². The quantitative estimate of drug-likeness (QED) is 0.874. The molecule has 0 spiro atoms. The van der Waals surface area contributed by atoms with Gasteiger partial charge >= 0.3 is 0 Å². The molecule has 2 aromatic heterocycles. The second-order valence-electron chi connectivity index (χ2n) is 5.61. The first kappa shape index (κ1) is 14.8. The molecule has 2 aromatic rings. The van der Waals surface area contributed by atoms with E-state index in [9.17, 15) is 8.42 Å². The maximum Gasteiger partial charge on any atom is 0.260 e. The summed E-state index contributed by atoms with van der Waals surface area (Å²) in [5.74, 6) is 0.0338. The fourth-order valence-electron chi connectivity index (χ4n) is 2.43. The fourth-order valence-corrected chi connectivity index (χ4v) is 4.61. The van der Waals surface area contributed by atoms with Crippen molar-refractivity contribution >= 4 is 32.1 Å². The predicted molar refractivity (Wildman–Crippen MR) is 80.8 cm³/mol. The third-order valence-electron chi connectivity index (χ3n) is 3.89. The first-order valence-corrected chi connectivity index (χ1v) is 9.06. The van der Waals surface area contributed by atoms with Crippen LogP contribution in [0.1, 0.15) is 19.8 Å². The van der Waals surface area contributed by atoms with Crippen LogP contribution in [-0.2, 0) is 14.8 Å². The van der Waals surface area contributed by atoms with Crippen LogP contribution in [0.15, 0.2) is 16.6 Å². The molecule has 0 amide bonds. The summed E-state index contributed by atoms with van der Waals surface area (Å²) in [5.41, 5.74) is 5.68. The Hall–Kier alpha value is -1.16. The number of imidazole rings is 1. The molecule has 0 atom stereocenters. The molecule has 0 aliphatic carbocycles. The number of hydrogen-bond donors (Lipinski definition) is 2. The van der Waals surface area contributed by atoms with Gasteiger partial charge in [0.05, 0.1) is 0 Å². The summed E-state index contributed by atoms with van der Waals surface area (Å²) in [7, 11) is -3.69. The maximum absolute atomic E-state index is 12.5. The zero-order chi connectivity index (χ0) is 15.1. The molecule has 0 aromatic carbocycles. The number of thiazole rings is 1. The Kier molecular flexibility index (Phi) is 3.68. The molecule has 1 aliphatic heterocycles. The Balaban J connectivity index is 1.84. The minimum atomic E-state index is -3.69. The van der Waals surface area contributed by atoms with E-state index in [1.165, 1.54) is 15.7 Å². The lowest BCUT2D eigenvalue weighted by Crippen LogP contribution is -2.39. The lowest BCUT2D eigenvalue weighted by molar-refractivity contribution is 0.0264. The van der Waals surface area contributed by atoms with Gasteiger partial charge in [0.25, 0.3) is 10.0 Å². The van der Waals surface area contributed by atoms with E-state index in [4.69, 9.17) is 10.5 Å². The molecule has 0 radical (unpaired) electrons. The number of nitrogens with two attached hydrogens (primary N) is 1. The van der Waals surface area contributed by atoms with E-state index < -0.39 is 10.0 Å². The minimum Gasteiger partial charge on any atom is -0.381 e. The van der Waals surface area contributed by atoms with Crippen molar-refractivity contribution in [3.8, 4) is 0 Å². The van der Waals surface area contributed by atoms with E-state index in [0.717, 1.165) is 12.8 Å². The summed E-state index contributed by atoms with van der Waals surface area (Å²) in [4.78, 5) is 4.65. The zero-order valence-corrected chi connectivity index (χ0v) is 13.3. The van der Waals surface area contributed by atoms with Crippen molar-refractivity contribution in [1.29, 1.82) is 0 Å². The average Bonchev–Trinajstić information content (AvgIpc) is 2.97. The van der Waals surface area contributed by atoms with Crippen molar-refractivity contribution in [2.45, 2.75) is 24.8 Å². The summed E-state index contributed by atoms with van der Waals surface area (Å²) in [6.07, 6.45) is 3.34. The van der Waals surface area contributed by atoms with Gasteiger partial charge in [0.2, 0.25) is 0 Å². The summed E-state index contributed by atoms with van der Waals surface area (Å²) in [6.45, 7) is 3.77. The molecule has 1 fully saturated rings. The van der Waals surface area contributed by atoms with Crippen LogP contribution >= 0.6 is 11.3 Å². The fraction of sp³-hybridized carbons (Fsp3) is 0.583. The van der Waals surface area contributed by atoms with Gasteiger partial charge in [-0.3, -0.25) is 4.40 Å². The average molecular weight is 330 g/mol. The Morgan fingerprint density at radius 1 is 1.52 bits per heavy atom. The number of fused-ring (bicyclic) bond motifs is 1. The molecule has 0 saturated carbocycles. The van der Waals surface area contributed by atoms with Crippen molar-refractivity contribution in [1.82, 2.24) is 14.1 Å². The maximum atomic E-state index is 12.5. The molecular weight excluding hydrogens is 312 g/mol. The van der Waals surface area contributed by atoms with E-state index in [-0.39, 0.29) is 16.3 Å². The number of rotatable bonds is 4. The molecule has 7 nitrogen and oxygen atoms in total. The van der Waals surface area contributed by atoms with E-state index in [1.54, 1.807) is 11.6 Å². The van der Waals surface area contributed by atoms with Crippen LogP contribution in [0.2, 0.25) is 0 Å². The van der Waals surface area contributed by atoms with Crippen molar-refractivity contribution in [2.75, 3.05) is 25.5 Å². The van der Waals surface area contributed by atoms with Gasteiger partial charge in [-0.15, -0.1) is 11.3 Å². The zero-order valence-electron chi connectivity index (χ0n) is 11.7. The van der Waals surface area contributed by atoms with Crippen molar-refractivity contribution in [3.63, 3.8) is 0 Å². The van der Waals surface area contributed by atoms with Crippen LogP contribution in [-0.4, -0.2) is 37.6 Å². The molecule has 9 heteroatoms. The minimum absolute atomic E-state index is 0.0226. The van der Waals surface area contributed by atoms with E-state index in [0.29, 0.717) is 24.7 Å². The van der Waals surface area contributed by atoms with Crippen molar-refractivity contribution < 1.29 is 13.2 Å². The topological polar surface area (TPSA) is 98.7 Å². The number of hydrogen-bond acceptors (Lipinski definition) is 6. The van der Waals surface area contributed by atoms with Crippen molar-refractivity contribution in [2.24, 2.45) is 5.41 Å². The molecule has 1 saturated heterocycles. The molecule has 116 valence electrons. The van der Waals surface area contributed by atoms with Crippen molar-refractivity contribution in [3.05, 3.63) is 11.6 Å². The normalized spacial score (nSPS) is 19.1. The SMILES string of the molecule is CC1(CNS(=O)(=O)c2c(N)nc3sccn23)CCOCC1. The molecule has 3 heterocycles. The highest BCUT2D eigenvalue weighted by molar-refractivity contribution is 7.89. The van der Waals surface area contributed by atoms with Crippen LogP contribution in [0.25, 0.3) is 4.96 Å². The Bertz CT molecular complexity index is 744. The second kappa shape index (κ2) is 5.24. The van der Waals surface area contributed by atoms with Crippen LogP contribution in [0.4, 0.5) is 5.82 Å². The molecule has 0 bridgehead atoms.